The van der Waals surface area contributed by atoms with E-state index in [2.05, 4.69) is 35.3 Å². The zero-order valence-corrected chi connectivity index (χ0v) is 18.8. The first kappa shape index (κ1) is 21.6. The maximum Gasteiger partial charge on any atom is 0.251 e. The first-order chi connectivity index (χ1) is 15.1. The Morgan fingerprint density at radius 1 is 0.935 bits per heavy atom. The van der Waals surface area contributed by atoms with Crippen LogP contribution in [0.5, 0.6) is 0 Å². The van der Waals surface area contributed by atoms with Gasteiger partial charge in [0.15, 0.2) is 0 Å². The molecule has 0 spiro atoms. The van der Waals surface area contributed by atoms with Gasteiger partial charge in [-0.2, -0.15) is 0 Å². The molecule has 0 unspecified atom stereocenters. The largest absolute Gasteiger partial charge is 0.352 e. The van der Waals surface area contributed by atoms with Crippen LogP contribution in [0.3, 0.4) is 0 Å². The minimum atomic E-state index is -0.0370. The highest BCUT2D eigenvalue weighted by atomic mass is 35.5. The summed E-state index contributed by atoms with van der Waals surface area (Å²) in [7, 11) is 0. The van der Waals surface area contributed by atoms with Crippen LogP contribution in [0.15, 0.2) is 66.7 Å². The van der Waals surface area contributed by atoms with Crippen molar-refractivity contribution in [3.05, 3.63) is 94.0 Å². The number of carbonyl (C=O) groups excluding carboxylic acids is 1. The van der Waals surface area contributed by atoms with Gasteiger partial charge in [0.25, 0.3) is 5.91 Å². The maximum atomic E-state index is 12.5. The average molecular weight is 433 g/mol. The van der Waals surface area contributed by atoms with E-state index in [9.17, 15) is 4.79 Å². The molecule has 1 fully saturated rings. The molecule has 1 aliphatic heterocycles. The third-order valence-corrected chi connectivity index (χ3v) is 6.28. The molecule has 0 bridgehead atoms. The molecule has 3 nitrogen and oxygen atoms in total. The second kappa shape index (κ2) is 10.1. The third kappa shape index (κ3) is 5.75. The summed E-state index contributed by atoms with van der Waals surface area (Å²) < 4.78 is 0. The summed E-state index contributed by atoms with van der Waals surface area (Å²) in [6.45, 7) is 6.30. The predicted octanol–water partition coefficient (Wildman–Crippen LogP) is 5.88. The molecular formula is C27H29ClN2O. The minimum Gasteiger partial charge on any atom is -0.352 e. The van der Waals surface area contributed by atoms with Crippen molar-refractivity contribution in [1.82, 2.24) is 10.2 Å². The number of hydrogen-bond donors (Lipinski definition) is 1. The molecule has 1 heterocycles. The third-order valence-electron chi connectivity index (χ3n) is 6.02. The molecule has 160 valence electrons. The number of amides is 1. The molecule has 0 aliphatic carbocycles. The summed E-state index contributed by atoms with van der Waals surface area (Å²) in [5.74, 6) is -0.0370. The van der Waals surface area contributed by atoms with Crippen LogP contribution in [-0.4, -0.2) is 30.4 Å². The number of benzene rings is 3. The molecule has 0 atom stereocenters. The van der Waals surface area contributed by atoms with Crippen LogP contribution in [0, 0.1) is 6.92 Å². The van der Waals surface area contributed by atoms with Crippen LogP contribution in [0.25, 0.3) is 11.1 Å². The first-order valence-electron chi connectivity index (χ1n) is 11.0. The van der Waals surface area contributed by atoms with E-state index in [1.165, 1.54) is 42.6 Å². The van der Waals surface area contributed by atoms with Gasteiger partial charge in [0.1, 0.15) is 0 Å². The molecule has 4 rings (SSSR count). The van der Waals surface area contributed by atoms with Crippen LogP contribution >= 0.6 is 11.6 Å². The Morgan fingerprint density at radius 3 is 2.23 bits per heavy atom. The topological polar surface area (TPSA) is 32.3 Å². The Morgan fingerprint density at radius 2 is 1.58 bits per heavy atom. The predicted molar refractivity (Wildman–Crippen MR) is 129 cm³/mol. The maximum absolute atomic E-state index is 12.5. The monoisotopic (exact) mass is 432 g/mol. The molecule has 31 heavy (non-hydrogen) atoms. The van der Waals surface area contributed by atoms with Crippen molar-refractivity contribution in [2.24, 2.45) is 0 Å². The summed E-state index contributed by atoms with van der Waals surface area (Å²) in [5, 5.41) is 3.76. The molecule has 4 heteroatoms. The van der Waals surface area contributed by atoms with E-state index >= 15 is 0 Å². The van der Waals surface area contributed by atoms with Gasteiger partial charge in [-0.25, -0.2) is 0 Å². The Kier molecular flexibility index (Phi) is 7.06. The van der Waals surface area contributed by atoms with Gasteiger partial charge in [0.05, 0.1) is 0 Å². The zero-order valence-electron chi connectivity index (χ0n) is 18.0. The van der Waals surface area contributed by atoms with Crippen LogP contribution in [-0.2, 0) is 13.0 Å². The minimum absolute atomic E-state index is 0.0370. The standard InChI is InChI=1S/C27H29ClN2O/c1-20-18-21(4-5-25(20)19-30-16-2-3-17-30)14-15-29-27(31)24-8-6-22(7-9-24)23-10-12-26(28)13-11-23/h4-13,18H,2-3,14-17,19H2,1H3,(H,29,31). The number of likely N-dealkylation sites (tertiary alicyclic amines) is 1. The van der Waals surface area contributed by atoms with Crippen LogP contribution < -0.4 is 5.32 Å². The lowest BCUT2D eigenvalue weighted by molar-refractivity contribution is 0.0954. The number of aryl methyl sites for hydroxylation is 1. The molecular weight excluding hydrogens is 404 g/mol. The van der Waals surface area contributed by atoms with Gasteiger partial charge < -0.3 is 5.32 Å². The number of nitrogens with zero attached hydrogens (tertiary/aromatic N) is 1. The highest BCUT2D eigenvalue weighted by molar-refractivity contribution is 6.30. The number of rotatable bonds is 7. The van der Waals surface area contributed by atoms with Crippen molar-refractivity contribution in [1.29, 1.82) is 0 Å². The fourth-order valence-corrected chi connectivity index (χ4v) is 4.28. The highest BCUT2D eigenvalue weighted by Crippen LogP contribution is 2.22. The van der Waals surface area contributed by atoms with Crippen LogP contribution in [0.2, 0.25) is 5.02 Å². The lowest BCUT2D eigenvalue weighted by Crippen LogP contribution is -2.25. The van der Waals surface area contributed by atoms with Gasteiger partial charge in [-0.15, -0.1) is 0 Å². The summed E-state index contributed by atoms with van der Waals surface area (Å²) in [6, 6.07) is 22.1. The normalized spacial score (nSPS) is 14.0. The van der Waals surface area contributed by atoms with Gasteiger partial charge in [-0.3, -0.25) is 9.69 Å². The summed E-state index contributed by atoms with van der Waals surface area (Å²) in [6.07, 6.45) is 3.47. The summed E-state index contributed by atoms with van der Waals surface area (Å²) in [4.78, 5) is 15.0. The lowest BCUT2D eigenvalue weighted by Gasteiger charge is -2.17. The molecule has 0 saturated carbocycles. The summed E-state index contributed by atoms with van der Waals surface area (Å²) in [5.41, 5.74) is 6.84. The van der Waals surface area contributed by atoms with E-state index < -0.39 is 0 Å². The second-order valence-electron chi connectivity index (χ2n) is 8.33. The number of halogens is 1. The Hall–Kier alpha value is -2.62. The Balaban J connectivity index is 1.28. The van der Waals surface area contributed by atoms with Crippen molar-refractivity contribution in [3.8, 4) is 11.1 Å². The van der Waals surface area contributed by atoms with Crippen molar-refractivity contribution in [2.75, 3.05) is 19.6 Å². The fraction of sp³-hybridized carbons (Fsp3) is 0.296. The van der Waals surface area contributed by atoms with Gasteiger partial charge in [-0.1, -0.05) is 54.1 Å². The molecule has 0 radical (unpaired) electrons. The first-order valence-corrected chi connectivity index (χ1v) is 11.4. The summed E-state index contributed by atoms with van der Waals surface area (Å²) >= 11 is 5.95. The van der Waals surface area contributed by atoms with Crippen LogP contribution in [0.1, 0.15) is 39.9 Å². The van der Waals surface area contributed by atoms with Crippen molar-refractivity contribution in [3.63, 3.8) is 0 Å². The molecule has 0 aromatic heterocycles. The van der Waals surface area contributed by atoms with E-state index in [4.69, 9.17) is 11.6 Å². The molecule has 1 N–H and O–H groups in total. The average Bonchev–Trinajstić information content (AvgIpc) is 3.29. The molecule has 3 aromatic carbocycles. The number of hydrogen-bond acceptors (Lipinski definition) is 2. The van der Waals surface area contributed by atoms with Crippen molar-refractivity contribution in [2.45, 2.75) is 32.7 Å². The van der Waals surface area contributed by atoms with E-state index in [1.807, 2.05) is 48.5 Å². The molecule has 1 amide bonds. The van der Waals surface area contributed by atoms with E-state index in [-0.39, 0.29) is 5.91 Å². The van der Waals surface area contributed by atoms with E-state index in [0.29, 0.717) is 12.1 Å². The van der Waals surface area contributed by atoms with Gasteiger partial charge in [0.2, 0.25) is 0 Å². The highest BCUT2D eigenvalue weighted by Gasteiger charge is 2.13. The Labute approximate surface area is 190 Å². The molecule has 1 aliphatic rings. The fourth-order valence-electron chi connectivity index (χ4n) is 4.15. The molecule has 3 aromatic rings. The second-order valence-corrected chi connectivity index (χ2v) is 8.77. The van der Waals surface area contributed by atoms with Crippen molar-refractivity contribution < 1.29 is 4.79 Å². The van der Waals surface area contributed by atoms with E-state index in [1.54, 1.807) is 0 Å². The zero-order chi connectivity index (χ0) is 21.6. The Bertz CT molecular complexity index is 1020. The SMILES string of the molecule is Cc1cc(CCNC(=O)c2ccc(-c3ccc(Cl)cc3)cc2)ccc1CN1CCCC1. The van der Waals surface area contributed by atoms with Gasteiger partial charge in [-0.05, 0) is 91.4 Å². The smallest absolute Gasteiger partial charge is 0.251 e. The van der Waals surface area contributed by atoms with E-state index in [0.717, 1.165) is 29.1 Å². The molecule has 1 saturated heterocycles. The number of carbonyl (C=O) groups is 1. The van der Waals surface area contributed by atoms with Gasteiger partial charge in [0, 0.05) is 23.7 Å². The van der Waals surface area contributed by atoms with Crippen molar-refractivity contribution >= 4 is 17.5 Å². The quantitative estimate of drug-likeness (QED) is 0.505. The number of nitrogens with one attached hydrogen (secondary N) is 1. The van der Waals surface area contributed by atoms with Gasteiger partial charge >= 0.3 is 0 Å². The lowest BCUT2D eigenvalue weighted by atomic mass is 10.0. The van der Waals surface area contributed by atoms with Crippen LogP contribution in [0.4, 0.5) is 0 Å².